The van der Waals surface area contributed by atoms with Crippen LogP contribution in [0.25, 0.3) is 0 Å². The first kappa shape index (κ1) is 5.54. The molecule has 3 rings (SSSR count). The van der Waals surface area contributed by atoms with Crippen LogP contribution in [-0.4, -0.2) is 10.4 Å². The van der Waals surface area contributed by atoms with Gasteiger partial charge in [-0.05, 0) is 12.8 Å². The van der Waals surface area contributed by atoms with Crippen molar-refractivity contribution in [3.05, 3.63) is 12.2 Å². The van der Waals surface area contributed by atoms with Gasteiger partial charge in [-0.15, -0.1) is 0 Å². The van der Waals surface area contributed by atoms with Gasteiger partial charge < -0.3 is 0 Å². The summed E-state index contributed by atoms with van der Waals surface area (Å²) < 4.78 is 0. The molecule has 2 unspecified atom stereocenters. The molecule has 0 spiro atoms. The molecule has 0 aromatic heterocycles. The summed E-state index contributed by atoms with van der Waals surface area (Å²) in [4.78, 5) is 11.0. The Morgan fingerprint density at radius 3 is 2.56 bits per heavy atom. The zero-order chi connectivity index (χ0) is 6.27. The summed E-state index contributed by atoms with van der Waals surface area (Å²) in [5.74, 6) is 0.264. The maximum atomic E-state index is 11.0. The van der Waals surface area contributed by atoms with E-state index in [9.17, 15) is 4.79 Å². The van der Waals surface area contributed by atoms with Crippen LogP contribution in [0.1, 0.15) is 12.8 Å². The minimum Gasteiger partial charge on any atom is -0.287 e. The van der Waals surface area contributed by atoms with Gasteiger partial charge in [-0.25, -0.2) is 0 Å². The van der Waals surface area contributed by atoms with E-state index in [0.29, 0.717) is 10.4 Å². The number of hydrogen-bond acceptors (Lipinski definition) is 2. The quantitative estimate of drug-likeness (QED) is 0.475. The highest BCUT2D eigenvalue weighted by atomic mass is 32.2. The maximum absolute atomic E-state index is 11.0. The SMILES string of the molecule is O=C1SC2C=CC1CC2. The van der Waals surface area contributed by atoms with Crippen LogP contribution in [-0.2, 0) is 4.79 Å². The molecule has 2 heteroatoms. The third-order valence-corrected chi connectivity index (χ3v) is 3.12. The zero-order valence-electron chi connectivity index (χ0n) is 5.04. The van der Waals surface area contributed by atoms with Crippen molar-refractivity contribution in [2.45, 2.75) is 18.1 Å². The fourth-order valence-electron chi connectivity index (χ4n) is 1.33. The van der Waals surface area contributed by atoms with Gasteiger partial charge in [-0.2, -0.15) is 0 Å². The average Bonchev–Trinajstić information content (AvgIpc) is 1.90. The lowest BCUT2D eigenvalue weighted by molar-refractivity contribution is -0.113. The number of fused-ring (bicyclic) bond motifs is 2. The van der Waals surface area contributed by atoms with Gasteiger partial charge in [-0.3, -0.25) is 4.79 Å². The van der Waals surface area contributed by atoms with Gasteiger partial charge in [0.05, 0.1) is 0 Å². The summed E-state index contributed by atoms with van der Waals surface area (Å²) in [5, 5.41) is 0.899. The van der Waals surface area contributed by atoms with E-state index in [2.05, 4.69) is 12.2 Å². The molecule has 2 aliphatic heterocycles. The van der Waals surface area contributed by atoms with Crippen molar-refractivity contribution < 1.29 is 4.79 Å². The summed E-state index contributed by atoms with van der Waals surface area (Å²) in [5.41, 5.74) is 0. The molecule has 2 bridgehead atoms. The van der Waals surface area contributed by atoms with Crippen molar-refractivity contribution in [1.29, 1.82) is 0 Å². The Kier molecular flexibility index (Phi) is 1.15. The first-order valence-corrected chi connectivity index (χ1v) is 4.13. The Morgan fingerprint density at radius 2 is 2.33 bits per heavy atom. The van der Waals surface area contributed by atoms with E-state index >= 15 is 0 Å². The van der Waals surface area contributed by atoms with E-state index in [-0.39, 0.29) is 5.92 Å². The van der Waals surface area contributed by atoms with E-state index < -0.39 is 0 Å². The second-order valence-electron chi connectivity index (χ2n) is 2.54. The van der Waals surface area contributed by atoms with Crippen molar-refractivity contribution >= 4 is 16.9 Å². The molecule has 2 atom stereocenters. The standard InChI is InChI=1S/C7H8OS/c8-7-5-1-3-6(9-7)4-2-5/h1,3,5-6H,2,4H2. The molecular weight excluding hydrogens is 132 g/mol. The molecule has 0 N–H and O–H groups in total. The maximum Gasteiger partial charge on any atom is 0.196 e. The zero-order valence-corrected chi connectivity index (χ0v) is 5.86. The number of hydrogen-bond donors (Lipinski definition) is 0. The van der Waals surface area contributed by atoms with Crippen molar-refractivity contribution in [2.24, 2.45) is 5.92 Å². The molecule has 0 saturated carbocycles. The lowest BCUT2D eigenvalue weighted by atomic mass is 9.96. The highest BCUT2D eigenvalue weighted by Crippen LogP contribution is 2.36. The molecule has 2 heterocycles. The molecule has 9 heavy (non-hydrogen) atoms. The normalized spacial score (nSPS) is 39.8. The van der Waals surface area contributed by atoms with Crippen molar-refractivity contribution in [3.8, 4) is 0 Å². The van der Waals surface area contributed by atoms with E-state index in [4.69, 9.17) is 0 Å². The molecule has 0 radical (unpaired) electrons. The van der Waals surface area contributed by atoms with Gasteiger partial charge in [0.25, 0.3) is 0 Å². The van der Waals surface area contributed by atoms with Gasteiger partial charge in [0.1, 0.15) is 0 Å². The van der Waals surface area contributed by atoms with Gasteiger partial charge in [-0.1, -0.05) is 23.9 Å². The van der Waals surface area contributed by atoms with Crippen LogP contribution in [0.4, 0.5) is 0 Å². The molecular formula is C7H8OS. The first-order chi connectivity index (χ1) is 4.36. The van der Waals surface area contributed by atoms with Gasteiger partial charge in [0.2, 0.25) is 0 Å². The Hall–Kier alpha value is -0.240. The number of rotatable bonds is 0. The van der Waals surface area contributed by atoms with Crippen LogP contribution in [0.15, 0.2) is 12.2 Å². The largest absolute Gasteiger partial charge is 0.287 e. The fraction of sp³-hybridized carbons (Fsp3) is 0.571. The average molecular weight is 140 g/mol. The van der Waals surface area contributed by atoms with E-state index in [0.717, 1.165) is 6.42 Å². The third-order valence-electron chi connectivity index (χ3n) is 1.89. The minimum absolute atomic E-state index is 0.264. The number of carbonyl (C=O) groups is 1. The van der Waals surface area contributed by atoms with E-state index in [1.807, 2.05) is 0 Å². The predicted octanol–water partition coefficient (Wildman–Crippen LogP) is 1.59. The highest BCUT2D eigenvalue weighted by Gasteiger charge is 2.30. The number of allylic oxidation sites excluding steroid dienone is 1. The summed E-state index contributed by atoms with van der Waals surface area (Å²) in [6.07, 6.45) is 6.53. The minimum atomic E-state index is 0.264. The fourth-order valence-corrected chi connectivity index (χ4v) is 2.42. The van der Waals surface area contributed by atoms with Crippen molar-refractivity contribution in [2.75, 3.05) is 0 Å². The predicted molar refractivity (Wildman–Crippen MR) is 38.3 cm³/mol. The molecule has 0 aromatic carbocycles. The molecule has 1 fully saturated rings. The summed E-state index contributed by atoms with van der Waals surface area (Å²) in [6, 6.07) is 0. The number of thioether (sulfide) groups is 1. The van der Waals surface area contributed by atoms with Crippen molar-refractivity contribution in [3.63, 3.8) is 0 Å². The molecule has 0 amide bonds. The van der Waals surface area contributed by atoms with E-state index in [1.54, 1.807) is 0 Å². The Balaban J connectivity index is 2.29. The van der Waals surface area contributed by atoms with Gasteiger partial charge in [0, 0.05) is 11.2 Å². The Labute approximate surface area is 58.5 Å². The second kappa shape index (κ2) is 1.87. The lowest BCUT2D eigenvalue weighted by Crippen LogP contribution is -2.24. The summed E-state index contributed by atoms with van der Waals surface area (Å²) >= 11 is 1.51. The summed E-state index contributed by atoms with van der Waals surface area (Å²) in [6.45, 7) is 0. The highest BCUT2D eigenvalue weighted by molar-refractivity contribution is 8.14. The Bertz CT molecular complexity index is 174. The molecule has 1 aliphatic carbocycles. The first-order valence-electron chi connectivity index (χ1n) is 3.25. The second-order valence-corrected chi connectivity index (χ2v) is 3.79. The van der Waals surface area contributed by atoms with Gasteiger partial charge >= 0.3 is 0 Å². The van der Waals surface area contributed by atoms with Crippen LogP contribution in [0.2, 0.25) is 0 Å². The van der Waals surface area contributed by atoms with Crippen molar-refractivity contribution in [1.82, 2.24) is 0 Å². The van der Waals surface area contributed by atoms with E-state index in [1.165, 1.54) is 18.2 Å². The molecule has 0 aromatic rings. The lowest BCUT2D eigenvalue weighted by Gasteiger charge is -2.27. The van der Waals surface area contributed by atoms with Crippen LogP contribution >= 0.6 is 11.8 Å². The monoisotopic (exact) mass is 140 g/mol. The topological polar surface area (TPSA) is 17.1 Å². The van der Waals surface area contributed by atoms with Gasteiger partial charge in [0.15, 0.2) is 5.12 Å². The number of carbonyl (C=O) groups excluding carboxylic acids is 1. The Morgan fingerprint density at radius 1 is 1.44 bits per heavy atom. The molecule has 48 valence electrons. The summed E-state index contributed by atoms with van der Waals surface area (Å²) in [7, 11) is 0. The van der Waals surface area contributed by atoms with Crippen LogP contribution in [0.5, 0.6) is 0 Å². The smallest absolute Gasteiger partial charge is 0.196 e. The van der Waals surface area contributed by atoms with Crippen LogP contribution < -0.4 is 0 Å². The van der Waals surface area contributed by atoms with Crippen LogP contribution in [0.3, 0.4) is 0 Å². The molecule has 3 aliphatic rings. The molecule has 1 nitrogen and oxygen atoms in total. The van der Waals surface area contributed by atoms with Crippen LogP contribution in [0, 0.1) is 5.92 Å². The third kappa shape index (κ3) is 0.816. The molecule has 1 saturated heterocycles.